The summed E-state index contributed by atoms with van der Waals surface area (Å²) in [4.78, 5) is 0. The number of hydrogen-bond donors (Lipinski definition) is 1. The van der Waals surface area contributed by atoms with Crippen LogP contribution >= 0.6 is 12.4 Å². The third kappa shape index (κ3) is 4.58. The summed E-state index contributed by atoms with van der Waals surface area (Å²) in [7, 11) is 0. The van der Waals surface area contributed by atoms with Gasteiger partial charge in [0.15, 0.2) is 0 Å². The molecule has 1 atom stereocenters. The Bertz CT molecular complexity index is 295. The highest BCUT2D eigenvalue weighted by molar-refractivity contribution is 5.85. The van der Waals surface area contributed by atoms with E-state index in [9.17, 15) is 8.78 Å². The molecule has 0 unspecified atom stereocenters. The van der Waals surface area contributed by atoms with E-state index < -0.39 is 11.6 Å². The first kappa shape index (κ1) is 14.3. The fourth-order valence-electron chi connectivity index (χ4n) is 1.43. The zero-order valence-corrected chi connectivity index (χ0v) is 9.65. The van der Waals surface area contributed by atoms with Gasteiger partial charge in [0.05, 0.1) is 0 Å². The largest absolute Gasteiger partial charge is 0.324 e. The van der Waals surface area contributed by atoms with Gasteiger partial charge in [0, 0.05) is 12.1 Å². The van der Waals surface area contributed by atoms with Gasteiger partial charge in [-0.3, -0.25) is 0 Å². The van der Waals surface area contributed by atoms with E-state index in [2.05, 4.69) is 0 Å². The molecule has 4 heteroatoms. The lowest BCUT2D eigenvalue weighted by Gasteiger charge is -2.14. The standard InChI is InChI=1S/C11H15F2N.ClH/c1-7(2)3-11(14)8-4-9(12)6-10(13)5-8;/h4-7,11H,3,14H2,1-2H3;1H/t11-;/m0./s1. The van der Waals surface area contributed by atoms with Gasteiger partial charge in [-0.05, 0) is 30.0 Å². The number of halogens is 3. The van der Waals surface area contributed by atoms with E-state index in [1.165, 1.54) is 12.1 Å². The van der Waals surface area contributed by atoms with E-state index in [4.69, 9.17) is 5.73 Å². The smallest absolute Gasteiger partial charge is 0.126 e. The molecule has 0 heterocycles. The number of hydrogen-bond acceptors (Lipinski definition) is 1. The number of nitrogens with two attached hydrogens (primary N) is 1. The van der Waals surface area contributed by atoms with Gasteiger partial charge in [0.1, 0.15) is 11.6 Å². The minimum atomic E-state index is -0.570. The molecule has 0 aliphatic rings. The molecule has 1 rings (SSSR count). The highest BCUT2D eigenvalue weighted by Crippen LogP contribution is 2.20. The second-order valence-electron chi connectivity index (χ2n) is 3.94. The molecule has 0 aromatic heterocycles. The van der Waals surface area contributed by atoms with Gasteiger partial charge in [-0.2, -0.15) is 0 Å². The summed E-state index contributed by atoms with van der Waals surface area (Å²) in [5.41, 5.74) is 6.32. The third-order valence-corrected chi connectivity index (χ3v) is 2.04. The second kappa shape index (κ2) is 6.03. The molecule has 1 nitrogen and oxygen atoms in total. The molecule has 0 aliphatic carbocycles. The molecular formula is C11H16ClF2N. The average molecular weight is 236 g/mol. The van der Waals surface area contributed by atoms with Crippen LogP contribution in [0.3, 0.4) is 0 Å². The van der Waals surface area contributed by atoms with Crippen molar-refractivity contribution in [1.82, 2.24) is 0 Å². The summed E-state index contributed by atoms with van der Waals surface area (Å²) in [6.45, 7) is 4.05. The average Bonchev–Trinajstić information content (AvgIpc) is 2.00. The Balaban J connectivity index is 0.00000196. The van der Waals surface area contributed by atoms with E-state index in [1.807, 2.05) is 13.8 Å². The summed E-state index contributed by atoms with van der Waals surface area (Å²) in [5.74, 6) is -0.727. The van der Waals surface area contributed by atoms with Crippen molar-refractivity contribution in [2.24, 2.45) is 11.7 Å². The van der Waals surface area contributed by atoms with Gasteiger partial charge in [-0.1, -0.05) is 13.8 Å². The van der Waals surface area contributed by atoms with Gasteiger partial charge in [-0.25, -0.2) is 8.78 Å². The molecule has 0 fully saturated rings. The Morgan fingerprint density at radius 1 is 1.13 bits per heavy atom. The van der Waals surface area contributed by atoms with Gasteiger partial charge < -0.3 is 5.73 Å². The molecular weight excluding hydrogens is 220 g/mol. The van der Waals surface area contributed by atoms with Crippen LogP contribution in [0.25, 0.3) is 0 Å². The lowest BCUT2D eigenvalue weighted by atomic mass is 9.98. The minimum Gasteiger partial charge on any atom is -0.324 e. The van der Waals surface area contributed by atoms with Gasteiger partial charge in [0.25, 0.3) is 0 Å². The molecule has 0 radical (unpaired) electrons. The summed E-state index contributed by atoms with van der Waals surface area (Å²) in [6, 6.07) is 3.14. The van der Waals surface area contributed by atoms with Crippen molar-refractivity contribution < 1.29 is 8.78 Å². The molecule has 0 spiro atoms. The third-order valence-electron chi connectivity index (χ3n) is 2.04. The maximum absolute atomic E-state index is 12.8. The molecule has 86 valence electrons. The fourth-order valence-corrected chi connectivity index (χ4v) is 1.43. The van der Waals surface area contributed by atoms with Crippen molar-refractivity contribution in [2.75, 3.05) is 0 Å². The van der Waals surface area contributed by atoms with Crippen LogP contribution in [0.15, 0.2) is 18.2 Å². The van der Waals surface area contributed by atoms with E-state index in [0.717, 1.165) is 12.5 Å². The number of rotatable bonds is 3. The van der Waals surface area contributed by atoms with E-state index in [0.29, 0.717) is 11.5 Å². The molecule has 15 heavy (non-hydrogen) atoms. The Kier molecular flexibility index (Phi) is 5.76. The van der Waals surface area contributed by atoms with Crippen LogP contribution in [0.2, 0.25) is 0 Å². The van der Waals surface area contributed by atoms with Crippen molar-refractivity contribution in [1.29, 1.82) is 0 Å². The summed E-state index contributed by atoms with van der Waals surface area (Å²) in [6.07, 6.45) is 0.725. The van der Waals surface area contributed by atoms with Crippen LogP contribution in [0.4, 0.5) is 8.78 Å². The molecule has 1 aromatic carbocycles. The molecule has 0 saturated heterocycles. The topological polar surface area (TPSA) is 26.0 Å². The maximum Gasteiger partial charge on any atom is 0.126 e. The van der Waals surface area contributed by atoms with Crippen LogP contribution in [0.5, 0.6) is 0 Å². The van der Waals surface area contributed by atoms with Crippen molar-refractivity contribution >= 4 is 12.4 Å². The Morgan fingerprint density at radius 3 is 2.00 bits per heavy atom. The Hall–Kier alpha value is -0.670. The highest BCUT2D eigenvalue weighted by atomic mass is 35.5. The van der Waals surface area contributed by atoms with Crippen LogP contribution in [-0.4, -0.2) is 0 Å². The quantitative estimate of drug-likeness (QED) is 0.854. The molecule has 0 aliphatic heterocycles. The zero-order chi connectivity index (χ0) is 10.7. The molecule has 0 saturated carbocycles. The monoisotopic (exact) mass is 235 g/mol. The molecule has 2 N–H and O–H groups in total. The highest BCUT2D eigenvalue weighted by Gasteiger charge is 2.10. The van der Waals surface area contributed by atoms with Crippen LogP contribution in [-0.2, 0) is 0 Å². The Labute approximate surface area is 95.1 Å². The Morgan fingerprint density at radius 2 is 1.60 bits per heavy atom. The normalized spacial score (nSPS) is 12.4. The van der Waals surface area contributed by atoms with Crippen LogP contribution < -0.4 is 5.73 Å². The predicted octanol–water partition coefficient (Wildman–Crippen LogP) is 3.43. The van der Waals surface area contributed by atoms with Crippen molar-refractivity contribution in [3.8, 4) is 0 Å². The van der Waals surface area contributed by atoms with Gasteiger partial charge in [-0.15, -0.1) is 12.4 Å². The first-order valence-corrected chi connectivity index (χ1v) is 4.70. The summed E-state index contributed by atoms with van der Waals surface area (Å²) >= 11 is 0. The molecule has 0 amide bonds. The van der Waals surface area contributed by atoms with Crippen molar-refractivity contribution in [3.63, 3.8) is 0 Å². The molecule has 1 aromatic rings. The maximum atomic E-state index is 12.8. The number of benzene rings is 1. The SMILES string of the molecule is CC(C)C[C@H](N)c1cc(F)cc(F)c1.Cl. The van der Waals surface area contributed by atoms with Crippen LogP contribution in [0, 0.1) is 17.6 Å². The van der Waals surface area contributed by atoms with E-state index >= 15 is 0 Å². The van der Waals surface area contributed by atoms with Gasteiger partial charge in [0.2, 0.25) is 0 Å². The predicted molar refractivity (Wildman–Crippen MR) is 60.0 cm³/mol. The first-order valence-electron chi connectivity index (χ1n) is 4.70. The first-order chi connectivity index (χ1) is 6.49. The summed E-state index contributed by atoms with van der Waals surface area (Å²) < 4.78 is 25.7. The van der Waals surface area contributed by atoms with Crippen molar-refractivity contribution in [3.05, 3.63) is 35.4 Å². The minimum absolute atomic E-state index is 0. The lowest BCUT2D eigenvalue weighted by Crippen LogP contribution is -2.13. The zero-order valence-electron chi connectivity index (χ0n) is 8.84. The van der Waals surface area contributed by atoms with E-state index in [-0.39, 0.29) is 18.4 Å². The summed E-state index contributed by atoms with van der Waals surface area (Å²) in [5, 5.41) is 0. The van der Waals surface area contributed by atoms with Gasteiger partial charge >= 0.3 is 0 Å². The van der Waals surface area contributed by atoms with Crippen molar-refractivity contribution in [2.45, 2.75) is 26.3 Å². The lowest BCUT2D eigenvalue weighted by molar-refractivity contribution is 0.502. The van der Waals surface area contributed by atoms with Crippen LogP contribution in [0.1, 0.15) is 31.9 Å². The fraction of sp³-hybridized carbons (Fsp3) is 0.455. The second-order valence-corrected chi connectivity index (χ2v) is 3.94. The molecule has 0 bridgehead atoms. The van der Waals surface area contributed by atoms with E-state index in [1.54, 1.807) is 0 Å².